The Kier molecular flexibility index (Phi) is 5.23. The van der Waals surface area contributed by atoms with Crippen LogP contribution in [0.3, 0.4) is 0 Å². The number of ether oxygens (including phenoxy) is 1. The maximum absolute atomic E-state index is 10.0. The number of likely N-dealkylation sites (tertiary alicyclic amines) is 1. The molecule has 1 fully saturated rings. The van der Waals surface area contributed by atoms with Gasteiger partial charge in [0.05, 0.1) is 0 Å². The first-order valence-corrected chi connectivity index (χ1v) is 7.25. The Morgan fingerprint density at radius 1 is 1.16 bits per heavy atom. The summed E-state index contributed by atoms with van der Waals surface area (Å²) in [6, 6.07) is 6.06. The zero-order valence-electron chi connectivity index (χ0n) is 12.1. The molecule has 0 saturated carbocycles. The minimum atomic E-state index is -0.403. The highest BCUT2D eigenvalue weighted by atomic mass is 16.5. The number of hydrogen-bond donors (Lipinski definition) is 1. The molecule has 0 unspecified atom stereocenters. The number of nitrogens with zero attached hydrogens (tertiary/aromatic N) is 1. The van der Waals surface area contributed by atoms with Crippen LogP contribution in [0.1, 0.15) is 30.4 Å². The first-order valence-electron chi connectivity index (χ1n) is 7.25. The largest absolute Gasteiger partial charge is 0.491 e. The summed E-state index contributed by atoms with van der Waals surface area (Å²) in [6.45, 7) is 7.49. The lowest BCUT2D eigenvalue weighted by Gasteiger charge is -2.28. The van der Waals surface area contributed by atoms with E-state index in [2.05, 4.69) is 24.8 Å². The second-order valence-electron chi connectivity index (χ2n) is 5.57. The zero-order valence-corrected chi connectivity index (χ0v) is 12.1. The molecule has 1 aliphatic heterocycles. The molecule has 0 aromatic heterocycles. The van der Waals surface area contributed by atoms with Gasteiger partial charge in [-0.1, -0.05) is 12.5 Å². The minimum Gasteiger partial charge on any atom is -0.491 e. The highest BCUT2D eigenvalue weighted by Gasteiger charge is 2.15. The Balaban J connectivity index is 1.75. The molecule has 3 heteroatoms. The molecule has 3 nitrogen and oxygen atoms in total. The molecule has 0 bridgehead atoms. The Labute approximate surface area is 116 Å². The highest BCUT2D eigenvalue weighted by Crippen LogP contribution is 2.17. The fourth-order valence-electron chi connectivity index (χ4n) is 2.49. The molecular weight excluding hydrogens is 238 g/mol. The number of aliphatic hydroxyl groups is 1. The third-order valence-electron chi connectivity index (χ3n) is 3.84. The summed E-state index contributed by atoms with van der Waals surface area (Å²) in [5, 5.41) is 10.0. The molecule has 0 amide bonds. The normalized spacial score (nSPS) is 18.3. The molecule has 1 heterocycles. The van der Waals surface area contributed by atoms with Crippen molar-refractivity contribution in [3.63, 3.8) is 0 Å². The Hall–Kier alpha value is -1.06. The summed E-state index contributed by atoms with van der Waals surface area (Å²) in [7, 11) is 0. The minimum absolute atomic E-state index is 0.374. The molecule has 1 saturated heterocycles. The van der Waals surface area contributed by atoms with Crippen LogP contribution < -0.4 is 4.74 Å². The first-order chi connectivity index (χ1) is 9.15. The second-order valence-corrected chi connectivity index (χ2v) is 5.57. The number of aryl methyl sites for hydroxylation is 2. The number of β-amino-alcohol motifs (C(OH)–C–C–N with tert-alkyl or cyclic N) is 1. The molecule has 19 heavy (non-hydrogen) atoms. The van der Waals surface area contributed by atoms with Gasteiger partial charge in [0.1, 0.15) is 18.5 Å². The molecule has 1 aliphatic rings. The van der Waals surface area contributed by atoms with E-state index in [1.54, 1.807) is 0 Å². The molecule has 0 aliphatic carbocycles. The van der Waals surface area contributed by atoms with Gasteiger partial charge < -0.3 is 14.7 Å². The van der Waals surface area contributed by atoms with E-state index in [1.807, 2.05) is 12.1 Å². The number of rotatable bonds is 5. The van der Waals surface area contributed by atoms with E-state index in [0.717, 1.165) is 25.4 Å². The summed E-state index contributed by atoms with van der Waals surface area (Å²) in [5.41, 5.74) is 2.49. The van der Waals surface area contributed by atoms with Gasteiger partial charge in [-0.05, 0) is 63.0 Å². The standard InChI is InChI=1S/C16H25NO2/c1-13-6-7-16(10-14(13)2)19-12-15(18)11-17-8-4-3-5-9-17/h6-7,10,15,18H,3-5,8-9,11-12H2,1-2H3/t15-/m1/s1. The third kappa shape index (κ3) is 4.51. The second kappa shape index (κ2) is 6.92. The lowest BCUT2D eigenvalue weighted by molar-refractivity contribution is 0.0617. The van der Waals surface area contributed by atoms with Crippen LogP contribution in [0.2, 0.25) is 0 Å². The molecule has 1 N–H and O–H groups in total. The van der Waals surface area contributed by atoms with Crippen molar-refractivity contribution in [1.82, 2.24) is 4.90 Å². The van der Waals surface area contributed by atoms with Crippen LogP contribution in [0.4, 0.5) is 0 Å². The SMILES string of the molecule is Cc1ccc(OC[C@H](O)CN2CCCCC2)cc1C. The number of hydrogen-bond acceptors (Lipinski definition) is 3. The van der Waals surface area contributed by atoms with Gasteiger partial charge in [-0.2, -0.15) is 0 Å². The molecule has 1 aromatic carbocycles. The predicted molar refractivity (Wildman–Crippen MR) is 77.7 cm³/mol. The maximum atomic E-state index is 10.0. The van der Waals surface area contributed by atoms with Gasteiger partial charge in [0.2, 0.25) is 0 Å². The summed E-state index contributed by atoms with van der Waals surface area (Å²) >= 11 is 0. The Morgan fingerprint density at radius 3 is 2.58 bits per heavy atom. The topological polar surface area (TPSA) is 32.7 Å². The van der Waals surface area contributed by atoms with Crippen LogP contribution in [0.25, 0.3) is 0 Å². The van der Waals surface area contributed by atoms with E-state index in [-0.39, 0.29) is 0 Å². The van der Waals surface area contributed by atoms with Crippen LogP contribution in [0, 0.1) is 13.8 Å². The number of benzene rings is 1. The van der Waals surface area contributed by atoms with Crippen molar-refractivity contribution in [2.24, 2.45) is 0 Å². The van der Waals surface area contributed by atoms with Gasteiger partial charge in [0.25, 0.3) is 0 Å². The fourth-order valence-corrected chi connectivity index (χ4v) is 2.49. The third-order valence-corrected chi connectivity index (χ3v) is 3.84. The molecular formula is C16H25NO2. The number of piperidine rings is 1. The molecule has 0 spiro atoms. The van der Waals surface area contributed by atoms with Crippen molar-refractivity contribution in [1.29, 1.82) is 0 Å². The Bertz CT molecular complexity index is 400. The van der Waals surface area contributed by atoms with Crippen molar-refractivity contribution in [3.8, 4) is 5.75 Å². The molecule has 1 atom stereocenters. The molecule has 0 radical (unpaired) electrons. The zero-order chi connectivity index (χ0) is 13.7. The van der Waals surface area contributed by atoms with E-state index in [1.165, 1.54) is 30.4 Å². The lowest BCUT2D eigenvalue weighted by Crippen LogP contribution is -2.38. The summed E-state index contributed by atoms with van der Waals surface area (Å²) in [5.74, 6) is 0.848. The average Bonchev–Trinajstić information content (AvgIpc) is 2.41. The van der Waals surface area contributed by atoms with E-state index in [9.17, 15) is 5.11 Å². The van der Waals surface area contributed by atoms with Crippen molar-refractivity contribution in [3.05, 3.63) is 29.3 Å². The Morgan fingerprint density at radius 2 is 1.89 bits per heavy atom. The van der Waals surface area contributed by atoms with Crippen LogP contribution in [-0.4, -0.2) is 42.4 Å². The molecule has 1 aromatic rings. The van der Waals surface area contributed by atoms with Crippen LogP contribution in [0.15, 0.2) is 18.2 Å². The van der Waals surface area contributed by atoms with Crippen molar-refractivity contribution < 1.29 is 9.84 Å². The molecule has 106 valence electrons. The van der Waals surface area contributed by atoms with Gasteiger partial charge >= 0.3 is 0 Å². The summed E-state index contributed by atoms with van der Waals surface area (Å²) in [4.78, 5) is 2.33. The first kappa shape index (κ1) is 14.4. The summed E-state index contributed by atoms with van der Waals surface area (Å²) < 4.78 is 5.67. The van der Waals surface area contributed by atoms with Gasteiger partial charge in [0, 0.05) is 6.54 Å². The highest BCUT2D eigenvalue weighted by molar-refractivity contribution is 5.33. The monoisotopic (exact) mass is 263 g/mol. The van der Waals surface area contributed by atoms with E-state index in [4.69, 9.17) is 4.74 Å². The van der Waals surface area contributed by atoms with Crippen molar-refractivity contribution in [2.75, 3.05) is 26.2 Å². The van der Waals surface area contributed by atoms with Gasteiger partial charge in [-0.3, -0.25) is 0 Å². The fraction of sp³-hybridized carbons (Fsp3) is 0.625. The summed E-state index contributed by atoms with van der Waals surface area (Å²) in [6.07, 6.45) is 3.43. The van der Waals surface area contributed by atoms with Gasteiger partial charge in [-0.15, -0.1) is 0 Å². The maximum Gasteiger partial charge on any atom is 0.119 e. The van der Waals surface area contributed by atoms with Crippen molar-refractivity contribution >= 4 is 0 Å². The van der Waals surface area contributed by atoms with E-state index >= 15 is 0 Å². The van der Waals surface area contributed by atoms with Gasteiger partial charge in [0.15, 0.2) is 0 Å². The predicted octanol–water partition coefficient (Wildman–Crippen LogP) is 2.53. The van der Waals surface area contributed by atoms with Crippen LogP contribution >= 0.6 is 0 Å². The number of aliphatic hydroxyl groups excluding tert-OH is 1. The van der Waals surface area contributed by atoms with E-state index in [0.29, 0.717) is 6.61 Å². The quantitative estimate of drug-likeness (QED) is 0.886. The van der Waals surface area contributed by atoms with Crippen LogP contribution in [0.5, 0.6) is 5.75 Å². The van der Waals surface area contributed by atoms with Crippen LogP contribution in [-0.2, 0) is 0 Å². The van der Waals surface area contributed by atoms with Gasteiger partial charge in [-0.25, -0.2) is 0 Å². The van der Waals surface area contributed by atoms with E-state index < -0.39 is 6.10 Å². The average molecular weight is 263 g/mol. The molecule has 2 rings (SSSR count). The smallest absolute Gasteiger partial charge is 0.119 e. The lowest BCUT2D eigenvalue weighted by atomic mass is 10.1. The van der Waals surface area contributed by atoms with Crippen molar-refractivity contribution in [2.45, 2.75) is 39.2 Å².